The number of hydrogen-bond donors (Lipinski definition) is 3. The van der Waals surface area contributed by atoms with Crippen molar-refractivity contribution in [2.24, 2.45) is 5.92 Å². The molecule has 12 heteroatoms. The van der Waals surface area contributed by atoms with Gasteiger partial charge in [0.25, 0.3) is 5.91 Å². The molecule has 1 unspecified atom stereocenters. The lowest BCUT2D eigenvalue weighted by Crippen LogP contribution is -2.47. The number of imide groups is 1. The third kappa shape index (κ3) is 8.83. The molecule has 1 aliphatic rings. The number of carbonyl (C=O) groups excluding carboxylic acids is 3. The number of nitrogens with zero attached hydrogens (tertiary/aromatic N) is 1. The van der Waals surface area contributed by atoms with E-state index >= 15 is 0 Å². The van der Waals surface area contributed by atoms with Crippen molar-refractivity contribution in [3.63, 3.8) is 0 Å². The second kappa shape index (κ2) is 14.2. The molecule has 200 valence electrons. The second-order valence-corrected chi connectivity index (χ2v) is 10.0. The largest absolute Gasteiger partial charge is 0.462 e. The summed E-state index contributed by atoms with van der Waals surface area (Å²) in [4.78, 5) is 37.1. The fourth-order valence-electron chi connectivity index (χ4n) is 3.32. The van der Waals surface area contributed by atoms with Crippen LogP contribution in [0.1, 0.15) is 27.7 Å². The maximum Gasteiger partial charge on any atom is 0.326 e. The van der Waals surface area contributed by atoms with E-state index in [-0.39, 0.29) is 25.0 Å². The molecule has 0 spiro atoms. The van der Waals surface area contributed by atoms with Crippen LogP contribution in [0.25, 0.3) is 0 Å². The summed E-state index contributed by atoms with van der Waals surface area (Å²) in [5.41, 5.74) is 0. The van der Waals surface area contributed by atoms with E-state index in [1.165, 1.54) is 11.9 Å². The Morgan fingerprint density at radius 1 is 1.25 bits per heavy atom. The van der Waals surface area contributed by atoms with Crippen molar-refractivity contribution in [1.82, 2.24) is 15.5 Å². The molecule has 2 rings (SSSR count). The molecule has 1 aromatic carbocycles. The summed E-state index contributed by atoms with van der Waals surface area (Å²) in [6, 6.07) is 7.83. The number of nitrogens with one attached hydrogen (secondary N) is 2. The molecular weight excluding hydrogens is 489 g/mol. The number of aliphatic hydroxyl groups excluding tert-OH is 1. The lowest BCUT2D eigenvalue weighted by Gasteiger charge is -2.27. The summed E-state index contributed by atoms with van der Waals surface area (Å²) in [7, 11) is -0.111. The fourth-order valence-corrected chi connectivity index (χ4v) is 4.62. The molecule has 0 aromatic heterocycles. The van der Waals surface area contributed by atoms with Crippen LogP contribution < -0.4 is 15.2 Å². The zero-order valence-electron chi connectivity index (χ0n) is 21.2. The van der Waals surface area contributed by atoms with Gasteiger partial charge in [0, 0.05) is 13.0 Å². The molecule has 1 aliphatic heterocycles. The highest BCUT2D eigenvalue weighted by atomic mass is 31.2. The van der Waals surface area contributed by atoms with Crippen molar-refractivity contribution in [3.05, 3.63) is 43.0 Å². The Kier molecular flexibility index (Phi) is 11.7. The van der Waals surface area contributed by atoms with Crippen LogP contribution in [0.2, 0.25) is 0 Å². The van der Waals surface area contributed by atoms with Crippen molar-refractivity contribution in [3.8, 4) is 5.75 Å². The molecule has 3 amide bonds. The highest BCUT2D eigenvalue weighted by Gasteiger charge is 2.44. The first-order chi connectivity index (χ1) is 17.0. The van der Waals surface area contributed by atoms with Gasteiger partial charge in [-0.3, -0.25) is 20.2 Å². The van der Waals surface area contributed by atoms with E-state index in [0.29, 0.717) is 5.75 Å². The molecule has 1 heterocycles. The molecule has 3 N–H and O–H groups in total. The van der Waals surface area contributed by atoms with Crippen LogP contribution in [-0.2, 0) is 23.6 Å². The Hall–Kier alpha value is -2.56. The number of ether oxygens (including phenoxy) is 2. The molecule has 1 aromatic rings. The van der Waals surface area contributed by atoms with E-state index in [9.17, 15) is 19.5 Å². The second-order valence-electron chi connectivity index (χ2n) is 8.63. The third-order valence-electron chi connectivity index (χ3n) is 5.37. The van der Waals surface area contributed by atoms with Gasteiger partial charge < -0.3 is 28.5 Å². The normalized spacial score (nSPS) is 23.0. The van der Waals surface area contributed by atoms with E-state index < -0.39 is 50.7 Å². The van der Waals surface area contributed by atoms with Crippen LogP contribution in [0.15, 0.2) is 43.0 Å². The molecular formula is C24H36N3O8P. The summed E-state index contributed by atoms with van der Waals surface area (Å²) in [5.74, 6) is -0.883. The molecule has 0 saturated carbocycles. The summed E-state index contributed by atoms with van der Waals surface area (Å²) in [6.07, 6.45) is -1.48. The van der Waals surface area contributed by atoms with Gasteiger partial charge in [-0.1, -0.05) is 31.7 Å². The van der Waals surface area contributed by atoms with Crippen molar-refractivity contribution in [2.45, 2.75) is 58.3 Å². The molecule has 0 aliphatic carbocycles. The lowest BCUT2D eigenvalue weighted by molar-refractivity contribution is -0.149. The highest BCUT2D eigenvalue weighted by Crippen LogP contribution is 2.40. The molecule has 1 saturated heterocycles. The Bertz CT molecular complexity index is 887. The third-order valence-corrected chi connectivity index (χ3v) is 6.66. The van der Waals surface area contributed by atoms with Gasteiger partial charge in [-0.15, -0.1) is 0 Å². The van der Waals surface area contributed by atoms with Crippen LogP contribution in [0, 0.1) is 5.92 Å². The van der Waals surface area contributed by atoms with Crippen molar-refractivity contribution >= 4 is 26.3 Å². The topological polar surface area (TPSA) is 136 Å². The summed E-state index contributed by atoms with van der Waals surface area (Å²) in [6.45, 7) is 10.3. The van der Waals surface area contributed by atoms with Gasteiger partial charge in [0.2, 0.25) is 8.38 Å². The van der Waals surface area contributed by atoms with E-state index in [0.717, 1.165) is 6.08 Å². The number of para-hydroxylation sites is 1. The predicted molar refractivity (Wildman–Crippen MR) is 134 cm³/mol. The summed E-state index contributed by atoms with van der Waals surface area (Å²) in [5, 5.41) is 15.9. The fraction of sp³-hybridized carbons (Fsp3) is 0.542. The number of aliphatic hydroxyl groups is 1. The summed E-state index contributed by atoms with van der Waals surface area (Å²) >= 11 is 0. The number of benzene rings is 1. The number of amides is 3. The number of carbonyl (C=O) groups is 3. The van der Waals surface area contributed by atoms with Crippen LogP contribution in [0.3, 0.4) is 0 Å². The minimum atomic E-state index is -1.58. The molecule has 11 nitrogen and oxygen atoms in total. The Labute approximate surface area is 213 Å². The first-order valence-corrected chi connectivity index (χ1v) is 13.0. The number of esters is 1. The van der Waals surface area contributed by atoms with Crippen molar-refractivity contribution in [2.75, 3.05) is 19.9 Å². The summed E-state index contributed by atoms with van der Waals surface area (Å²) < 4.78 is 23.1. The van der Waals surface area contributed by atoms with Gasteiger partial charge in [0.05, 0.1) is 25.1 Å². The van der Waals surface area contributed by atoms with E-state index in [1.807, 2.05) is 18.2 Å². The predicted octanol–water partition coefficient (Wildman–Crippen LogP) is 2.36. The molecule has 36 heavy (non-hydrogen) atoms. The van der Waals surface area contributed by atoms with Crippen LogP contribution in [0.4, 0.5) is 4.79 Å². The quantitative estimate of drug-likeness (QED) is 0.213. The van der Waals surface area contributed by atoms with Crippen molar-refractivity contribution in [1.29, 1.82) is 0 Å². The highest BCUT2D eigenvalue weighted by molar-refractivity contribution is 7.47. The molecule has 6 atom stereocenters. The maximum absolute atomic E-state index is 12.3. The Morgan fingerprint density at radius 2 is 1.92 bits per heavy atom. The minimum absolute atomic E-state index is 0.0197. The average molecular weight is 526 g/mol. The van der Waals surface area contributed by atoms with Gasteiger partial charge in [0.1, 0.15) is 24.1 Å². The monoisotopic (exact) mass is 525 g/mol. The zero-order chi connectivity index (χ0) is 26.8. The van der Waals surface area contributed by atoms with Gasteiger partial charge >= 0.3 is 12.0 Å². The SMILES string of the molecule is C=CC(=O)NC(=O)N(C)[C@@H]1O[C@H](COP(CN[C@@H](C)C(=O)OC(C)C)Oc2ccccc2)[C@@H](O)[C@H]1C. The number of urea groups is 1. The Balaban J connectivity index is 2.00. The van der Waals surface area contributed by atoms with Crippen LogP contribution >= 0.6 is 8.38 Å². The lowest BCUT2D eigenvalue weighted by atomic mass is 10.0. The van der Waals surface area contributed by atoms with E-state index in [4.69, 9.17) is 18.5 Å². The van der Waals surface area contributed by atoms with Crippen molar-refractivity contribution < 1.29 is 38.0 Å². The number of hydrogen-bond acceptors (Lipinski definition) is 9. The first kappa shape index (κ1) is 29.7. The average Bonchev–Trinajstić information content (AvgIpc) is 3.13. The molecule has 1 fully saturated rings. The van der Waals surface area contributed by atoms with Gasteiger partial charge in [-0.25, -0.2) is 4.79 Å². The van der Waals surface area contributed by atoms with Crippen LogP contribution in [0.5, 0.6) is 5.75 Å². The van der Waals surface area contributed by atoms with E-state index in [2.05, 4.69) is 17.2 Å². The zero-order valence-corrected chi connectivity index (χ0v) is 22.1. The van der Waals surface area contributed by atoms with Gasteiger partial charge in [0.15, 0.2) is 0 Å². The van der Waals surface area contributed by atoms with Gasteiger partial charge in [-0.2, -0.15) is 0 Å². The molecule has 0 radical (unpaired) electrons. The standard InChI is InChI=1S/C24H36N3O8P/c1-7-20(28)26-24(31)27(6)22-16(4)21(29)19(34-22)13-32-36(35-18-11-9-8-10-12-18)14-25-17(5)23(30)33-15(2)3/h7-12,15-17,19,21-22,25,29H,1,13-14H2,2-6H3,(H,26,28,31)/t16-,17+,19-,21+,22-,36?/m1/s1. The van der Waals surface area contributed by atoms with E-state index in [1.54, 1.807) is 39.8 Å². The van der Waals surface area contributed by atoms with Crippen LogP contribution in [-0.4, -0.2) is 78.4 Å². The van der Waals surface area contributed by atoms with Gasteiger partial charge in [-0.05, 0) is 39.0 Å². The first-order valence-electron chi connectivity index (χ1n) is 11.6. The maximum atomic E-state index is 12.3. The smallest absolute Gasteiger partial charge is 0.326 e. The number of rotatable bonds is 12. The minimum Gasteiger partial charge on any atom is -0.462 e. The Morgan fingerprint density at radius 3 is 2.53 bits per heavy atom. The molecule has 0 bridgehead atoms.